The van der Waals surface area contributed by atoms with Crippen molar-refractivity contribution in [2.45, 2.75) is 12.8 Å². The minimum absolute atomic E-state index is 0. The van der Waals surface area contributed by atoms with E-state index in [1.165, 1.54) is 6.42 Å². The Kier molecular flexibility index (Phi) is 4.13. The van der Waals surface area contributed by atoms with Crippen LogP contribution in [0.25, 0.3) is 0 Å². The molecule has 6 heavy (non-hydrogen) atoms. The number of hydrogen-bond donors (Lipinski definition) is 0. The Labute approximate surface area is 50.8 Å². The van der Waals surface area contributed by atoms with Crippen LogP contribution in [-0.2, 0) is 24.2 Å². The van der Waals surface area contributed by atoms with Crippen LogP contribution in [0, 0.1) is 6.61 Å². The molecule has 0 aromatic rings. The van der Waals surface area contributed by atoms with Gasteiger partial charge in [-0.3, -0.25) is 0 Å². The van der Waals surface area contributed by atoms with Crippen molar-refractivity contribution in [1.82, 2.24) is 0 Å². The molecule has 32 valence electrons. The van der Waals surface area contributed by atoms with Gasteiger partial charge in [0.05, 0.1) is 0 Å². The summed E-state index contributed by atoms with van der Waals surface area (Å²) in [5.74, 6) is 0. The van der Waals surface area contributed by atoms with Crippen LogP contribution >= 0.6 is 0 Å². The van der Waals surface area contributed by atoms with Crippen molar-refractivity contribution in [3.8, 4) is 0 Å². The Morgan fingerprint density at radius 2 is 2.33 bits per heavy atom. The maximum atomic E-state index is 4.82. The molecule has 1 saturated heterocycles. The zero-order chi connectivity index (χ0) is 3.54. The maximum Gasteiger partial charge on any atom is 0.00878 e. The van der Waals surface area contributed by atoms with E-state index in [1.807, 2.05) is 6.61 Å². The van der Waals surface area contributed by atoms with Gasteiger partial charge in [0.15, 0.2) is 0 Å². The fraction of sp³-hybridized carbons (Fsp3) is 0.750. The Morgan fingerprint density at radius 1 is 1.50 bits per heavy atom. The standard InChI is InChI=1S/C4H7O.Zn/c1-2-4-5-3-1;/h3H,1-2,4H2;/q-1;. The van der Waals surface area contributed by atoms with Crippen molar-refractivity contribution in [1.29, 1.82) is 0 Å². The van der Waals surface area contributed by atoms with Crippen molar-refractivity contribution in [2.24, 2.45) is 0 Å². The molecule has 1 aliphatic heterocycles. The molecule has 1 aliphatic rings. The van der Waals surface area contributed by atoms with Crippen molar-refractivity contribution in [3.63, 3.8) is 0 Å². The molecule has 0 spiro atoms. The summed E-state index contributed by atoms with van der Waals surface area (Å²) in [7, 11) is 0. The molecule has 1 fully saturated rings. The van der Waals surface area contributed by atoms with Gasteiger partial charge in [0.25, 0.3) is 0 Å². The van der Waals surface area contributed by atoms with E-state index in [1.54, 1.807) is 0 Å². The van der Waals surface area contributed by atoms with Crippen LogP contribution in [0.1, 0.15) is 12.8 Å². The number of ether oxygens (including phenoxy) is 1. The Hall–Kier alpha value is 0.583. The van der Waals surface area contributed by atoms with Crippen LogP contribution in [0.3, 0.4) is 0 Å². The summed E-state index contributed by atoms with van der Waals surface area (Å²) < 4.78 is 4.82. The first-order valence-electron chi connectivity index (χ1n) is 1.93. The molecule has 0 N–H and O–H groups in total. The van der Waals surface area contributed by atoms with Crippen LogP contribution < -0.4 is 0 Å². The fourth-order valence-electron chi connectivity index (χ4n) is 0.417. The fourth-order valence-corrected chi connectivity index (χ4v) is 0.417. The van der Waals surface area contributed by atoms with E-state index in [2.05, 4.69) is 0 Å². The monoisotopic (exact) mass is 135 g/mol. The molecule has 1 heterocycles. The van der Waals surface area contributed by atoms with Gasteiger partial charge in [0.1, 0.15) is 0 Å². The zero-order valence-corrected chi connectivity index (χ0v) is 6.78. The molecule has 0 aliphatic carbocycles. The smallest absolute Gasteiger partial charge is 0.00878 e. The molecule has 0 radical (unpaired) electrons. The molecule has 0 saturated carbocycles. The normalized spacial score (nSPS) is 20.0. The third-order valence-electron chi connectivity index (χ3n) is 0.702. The van der Waals surface area contributed by atoms with Gasteiger partial charge in [0, 0.05) is 26.1 Å². The number of rotatable bonds is 0. The largest absolute Gasteiger partial charge is 0.552 e. The Balaban J connectivity index is 0.000000250. The van der Waals surface area contributed by atoms with Crippen molar-refractivity contribution >= 4 is 0 Å². The summed E-state index contributed by atoms with van der Waals surface area (Å²) in [5.41, 5.74) is 0. The molecule has 2 heteroatoms. The van der Waals surface area contributed by atoms with Gasteiger partial charge in [-0.15, -0.1) is 0 Å². The summed E-state index contributed by atoms with van der Waals surface area (Å²) in [6.07, 6.45) is 2.38. The van der Waals surface area contributed by atoms with E-state index in [0.29, 0.717) is 0 Å². The van der Waals surface area contributed by atoms with Gasteiger partial charge in [-0.1, -0.05) is 6.42 Å². The minimum Gasteiger partial charge on any atom is -0.552 e. The second-order valence-corrected chi connectivity index (χ2v) is 1.18. The van der Waals surface area contributed by atoms with Crippen LogP contribution in [-0.4, -0.2) is 6.61 Å². The van der Waals surface area contributed by atoms with Gasteiger partial charge in [0.2, 0.25) is 0 Å². The summed E-state index contributed by atoms with van der Waals surface area (Å²) in [4.78, 5) is 0. The van der Waals surface area contributed by atoms with Gasteiger partial charge >= 0.3 is 0 Å². The molecule has 0 aromatic carbocycles. The predicted octanol–water partition coefficient (Wildman–Crippen LogP) is 0.956. The first-order chi connectivity index (χ1) is 2.50. The third-order valence-corrected chi connectivity index (χ3v) is 0.702. The maximum absolute atomic E-state index is 4.82. The van der Waals surface area contributed by atoms with E-state index in [0.717, 1.165) is 13.0 Å². The summed E-state index contributed by atoms with van der Waals surface area (Å²) in [6.45, 7) is 2.81. The topological polar surface area (TPSA) is 9.23 Å². The second kappa shape index (κ2) is 3.76. The molecular weight excluding hydrogens is 129 g/mol. The Bertz CT molecular complexity index is 19.1. The van der Waals surface area contributed by atoms with Crippen LogP contribution in [0.2, 0.25) is 0 Å². The first-order valence-corrected chi connectivity index (χ1v) is 1.93. The molecule has 0 unspecified atom stereocenters. The average molecular weight is 136 g/mol. The summed E-state index contributed by atoms with van der Waals surface area (Å²) >= 11 is 0. The summed E-state index contributed by atoms with van der Waals surface area (Å²) in [5, 5.41) is 0. The van der Waals surface area contributed by atoms with Gasteiger partial charge < -0.3 is 4.74 Å². The van der Waals surface area contributed by atoms with Crippen LogP contribution in [0.4, 0.5) is 0 Å². The average Bonchev–Trinajstić information content (AvgIpc) is 1.76. The molecule has 1 rings (SSSR count). The van der Waals surface area contributed by atoms with Crippen molar-refractivity contribution < 1.29 is 24.2 Å². The quantitative estimate of drug-likeness (QED) is 0.356. The van der Waals surface area contributed by atoms with Gasteiger partial charge in [-0.25, -0.2) is 6.61 Å². The van der Waals surface area contributed by atoms with Crippen LogP contribution in [0.15, 0.2) is 0 Å². The van der Waals surface area contributed by atoms with Crippen molar-refractivity contribution in [3.05, 3.63) is 6.61 Å². The summed E-state index contributed by atoms with van der Waals surface area (Å²) in [6, 6.07) is 0. The van der Waals surface area contributed by atoms with E-state index >= 15 is 0 Å². The molecule has 0 amide bonds. The van der Waals surface area contributed by atoms with Gasteiger partial charge in [-0.05, 0) is 0 Å². The van der Waals surface area contributed by atoms with Crippen molar-refractivity contribution in [2.75, 3.05) is 6.61 Å². The van der Waals surface area contributed by atoms with E-state index in [9.17, 15) is 0 Å². The minimum atomic E-state index is 0. The van der Waals surface area contributed by atoms with E-state index < -0.39 is 0 Å². The zero-order valence-electron chi connectivity index (χ0n) is 3.81. The van der Waals surface area contributed by atoms with Gasteiger partial charge in [-0.2, -0.15) is 6.42 Å². The number of hydrogen-bond acceptors (Lipinski definition) is 1. The molecule has 0 bridgehead atoms. The molecule has 1 nitrogen and oxygen atoms in total. The van der Waals surface area contributed by atoms with E-state index in [-0.39, 0.29) is 19.5 Å². The van der Waals surface area contributed by atoms with E-state index in [4.69, 9.17) is 4.74 Å². The molecule has 0 aromatic heterocycles. The molecular formula is C4H7OZn-. The third kappa shape index (κ3) is 1.89. The Morgan fingerprint density at radius 3 is 2.50 bits per heavy atom. The molecule has 0 atom stereocenters. The first kappa shape index (κ1) is 6.58. The van der Waals surface area contributed by atoms with Crippen LogP contribution in [0.5, 0.6) is 0 Å². The predicted molar refractivity (Wildman–Crippen MR) is 19.5 cm³/mol. The SMILES string of the molecule is [CH-]1CCCO1.[Zn]. The second-order valence-electron chi connectivity index (χ2n) is 1.18.